The first kappa shape index (κ1) is 13.8. The van der Waals surface area contributed by atoms with Crippen LogP contribution in [0.5, 0.6) is 0 Å². The number of rotatable bonds is 4. The smallest absolute Gasteiger partial charge is 0.131 e. The summed E-state index contributed by atoms with van der Waals surface area (Å²) in [6.07, 6.45) is 1.93. The van der Waals surface area contributed by atoms with Gasteiger partial charge in [0.25, 0.3) is 0 Å². The quantitative estimate of drug-likeness (QED) is 0.774. The Balaban J connectivity index is 1.98. The number of hydrogen-bond donors (Lipinski definition) is 1. The second kappa shape index (κ2) is 5.66. The number of hydrogen-bond acceptors (Lipinski definition) is 1. The molecule has 3 rings (SSSR count). The highest BCUT2D eigenvalue weighted by Crippen LogP contribution is 2.20. The van der Waals surface area contributed by atoms with Crippen molar-refractivity contribution < 1.29 is 8.78 Å². The fourth-order valence-electron chi connectivity index (χ4n) is 2.51. The number of halogens is 2. The van der Waals surface area contributed by atoms with Gasteiger partial charge in [-0.25, -0.2) is 8.78 Å². The van der Waals surface area contributed by atoms with Crippen LogP contribution < -0.4 is 5.32 Å². The van der Waals surface area contributed by atoms with E-state index in [9.17, 15) is 8.78 Å². The summed E-state index contributed by atoms with van der Waals surface area (Å²) >= 11 is 0. The second-order valence-electron chi connectivity index (χ2n) is 5.10. The van der Waals surface area contributed by atoms with Crippen molar-refractivity contribution in [2.24, 2.45) is 0 Å². The summed E-state index contributed by atoms with van der Waals surface area (Å²) in [6, 6.07) is 11.9. The first-order chi connectivity index (χ1) is 10.2. The summed E-state index contributed by atoms with van der Waals surface area (Å²) in [7, 11) is 1.90. The maximum absolute atomic E-state index is 13.8. The predicted octanol–water partition coefficient (Wildman–Crippen LogP) is 3.69. The molecular weight excluding hydrogens is 270 g/mol. The fraction of sp³-hybridized carbons (Fsp3) is 0.176. The van der Waals surface area contributed by atoms with Crippen molar-refractivity contribution in [3.8, 4) is 0 Å². The average molecular weight is 286 g/mol. The SMILES string of the molecule is CNCc1ccc2ccn(Cc3ccc(F)cc3F)c2c1. The van der Waals surface area contributed by atoms with Gasteiger partial charge in [0.05, 0.1) is 6.54 Å². The lowest BCUT2D eigenvalue weighted by Gasteiger charge is -2.08. The molecule has 3 aromatic rings. The van der Waals surface area contributed by atoms with Crippen molar-refractivity contribution >= 4 is 10.9 Å². The van der Waals surface area contributed by atoms with E-state index in [2.05, 4.69) is 23.5 Å². The van der Waals surface area contributed by atoms with Gasteiger partial charge in [-0.2, -0.15) is 0 Å². The normalized spacial score (nSPS) is 11.2. The van der Waals surface area contributed by atoms with E-state index in [1.807, 2.05) is 23.9 Å². The molecule has 0 aliphatic rings. The molecule has 21 heavy (non-hydrogen) atoms. The van der Waals surface area contributed by atoms with Gasteiger partial charge in [-0.15, -0.1) is 0 Å². The standard InChI is InChI=1S/C17H16F2N2/c1-20-10-12-2-3-13-6-7-21(17(13)8-12)11-14-4-5-15(18)9-16(14)19/h2-9,20H,10-11H2,1H3. The lowest BCUT2D eigenvalue weighted by molar-refractivity contribution is 0.567. The van der Waals surface area contributed by atoms with Crippen molar-refractivity contribution in [3.63, 3.8) is 0 Å². The summed E-state index contributed by atoms with van der Waals surface area (Å²) < 4.78 is 28.7. The third-order valence-electron chi connectivity index (χ3n) is 3.58. The Morgan fingerprint density at radius 3 is 2.67 bits per heavy atom. The first-order valence-electron chi connectivity index (χ1n) is 6.83. The summed E-state index contributed by atoms with van der Waals surface area (Å²) in [6.45, 7) is 1.17. The molecule has 2 aromatic carbocycles. The van der Waals surface area contributed by atoms with Gasteiger partial charge in [-0.05, 0) is 36.2 Å². The fourth-order valence-corrected chi connectivity index (χ4v) is 2.51. The molecule has 0 radical (unpaired) electrons. The molecule has 4 heteroatoms. The van der Waals surface area contributed by atoms with Crippen molar-refractivity contribution in [2.75, 3.05) is 7.05 Å². The summed E-state index contributed by atoms with van der Waals surface area (Å²) in [5.74, 6) is -1.06. The molecule has 0 fully saturated rings. The van der Waals surface area contributed by atoms with Crippen LogP contribution in [0.4, 0.5) is 8.78 Å². The Kier molecular flexibility index (Phi) is 3.71. The van der Waals surface area contributed by atoms with Gasteiger partial charge in [0.15, 0.2) is 0 Å². The molecule has 0 unspecified atom stereocenters. The predicted molar refractivity (Wildman–Crippen MR) is 80.2 cm³/mol. The minimum Gasteiger partial charge on any atom is -0.343 e. The van der Waals surface area contributed by atoms with Gasteiger partial charge >= 0.3 is 0 Å². The van der Waals surface area contributed by atoms with Crippen LogP contribution in [-0.2, 0) is 13.1 Å². The van der Waals surface area contributed by atoms with Gasteiger partial charge in [-0.3, -0.25) is 0 Å². The van der Waals surface area contributed by atoms with Gasteiger partial charge in [0, 0.05) is 29.9 Å². The van der Waals surface area contributed by atoms with Crippen molar-refractivity contribution in [3.05, 3.63) is 71.4 Å². The zero-order valence-electron chi connectivity index (χ0n) is 11.7. The van der Waals surface area contributed by atoms with Crippen molar-refractivity contribution in [2.45, 2.75) is 13.1 Å². The Morgan fingerprint density at radius 2 is 1.90 bits per heavy atom. The van der Waals surface area contributed by atoms with Gasteiger partial charge in [0.2, 0.25) is 0 Å². The molecule has 1 aromatic heterocycles. The highest BCUT2D eigenvalue weighted by molar-refractivity contribution is 5.81. The molecule has 0 amide bonds. The van der Waals surface area contributed by atoms with Crippen LogP contribution in [0.25, 0.3) is 10.9 Å². The molecule has 1 N–H and O–H groups in total. The van der Waals surface area contributed by atoms with E-state index in [1.165, 1.54) is 17.7 Å². The highest BCUT2D eigenvalue weighted by Gasteiger charge is 2.07. The molecule has 0 spiro atoms. The van der Waals surface area contributed by atoms with Gasteiger partial charge in [-0.1, -0.05) is 18.2 Å². The molecule has 2 nitrogen and oxygen atoms in total. The van der Waals surface area contributed by atoms with Crippen LogP contribution in [0.1, 0.15) is 11.1 Å². The maximum Gasteiger partial charge on any atom is 0.131 e. The molecule has 0 saturated carbocycles. The van der Waals surface area contributed by atoms with E-state index in [1.54, 1.807) is 0 Å². The van der Waals surface area contributed by atoms with Gasteiger partial charge in [0.1, 0.15) is 11.6 Å². The highest BCUT2D eigenvalue weighted by atomic mass is 19.1. The monoisotopic (exact) mass is 286 g/mol. The number of fused-ring (bicyclic) bond motifs is 1. The van der Waals surface area contributed by atoms with Crippen LogP contribution in [0.3, 0.4) is 0 Å². The lowest BCUT2D eigenvalue weighted by atomic mass is 10.1. The summed E-state index contributed by atoms with van der Waals surface area (Å²) in [4.78, 5) is 0. The molecule has 0 atom stereocenters. The average Bonchev–Trinajstić information content (AvgIpc) is 2.85. The zero-order valence-corrected chi connectivity index (χ0v) is 11.7. The van der Waals surface area contributed by atoms with Gasteiger partial charge < -0.3 is 9.88 Å². The third kappa shape index (κ3) is 2.81. The summed E-state index contributed by atoms with van der Waals surface area (Å²) in [5, 5.41) is 4.22. The van der Waals surface area contributed by atoms with Crippen LogP contribution in [0.15, 0.2) is 48.7 Å². The Morgan fingerprint density at radius 1 is 1.05 bits per heavy atom. The van der Waals surface area contributed by atoms with Crippen LogP contribution in [0, 0.1) is 11.6 Å². The van der Waals surface area contributed by atoms with Crippen molar-refractivity contribution in [1.29, 1.82) is 0 Å². The van der Waals surface area contributed by atoms with Crippen molar-refractivity contribution in [1.82, 2.24) is 9.88 Å². The number of nitrogens with zero attached hydrogens (tertiary/aromatic N) is 1. The minimum absolute atomic E-state index is 0.388. The van der Waals surface area contributed by atoms with Crippen LogP contribution >= 0.6 is 0 Å². The molecule has 0 aliphatic carbocycles. The number of nitrogens with one attached hydrogen (secondary N) is 1. The Labute approximate surface area is 122 Å². The van der Waals surface area contributed by atoms with Crippen LogP contribution in [0.2, 0.25) is 0 Å². The molecule has 0 bridgehead atoms. The van der Waals surface area contributed by atoms with E-state index < -0.39 is 11.6 Å². The molecule has 108 valence electrons. The minimum atomic E-state index is -0.551. The second-order valence-corrected chi connectivity index (χ2v) is 5.10. The summed E-state index contributed by atoms with van der Waals surface area (Å²) in [5.41, 5.74) is 2.70. The molecule has 1 heterocycles. The number of aromatic nitrogens is 1. The lowest BCUT2D eigenvalue weighted by Crippen LogP contribution is -2.05. The van der Waals surface area contributed by atoms with Crippen LogP contribution in [-0.4, -0.2) is 11.6 Å². The largest absolute Gasteiger partial charge is 0.343 e. The molecule has 0 saturated heterocycles. The van der Waals surface area contributed by atoms with E-state index in [0.29, 0.717) is 12.1 Å². The third-order valence-corrected chi connectivity index (χ3v) is 3.58. The molecular formula is C17H16F2N2. The Hall–Kier alpha value is -2.20. The number of benzene rings is 2. The van der Waals surface area contributed by atoms with E-state index in [4.69, 9.17) is 0 Å². The Bertz CT molecular complexity index is 778. The molecule has 0 aliphatic heterocycles. The first-order valence-corrected chi connectivity index (χ1v) is 6.83. The van der Waals surface area contributed by atoms with E-state index in [-0.39, 0.29) is 0 Å². The zero-order chi connectivity index (χ0) is 14.8. The van der Waals surface area contributed by atoms with E-state index in [0.717, 1.165) is 23.5 Å². The van der Waals surface area contributed by atoms with E-state index >= 15 is 0 Å². The topological polar surface area (TPSA) is 17.0 Å². The maximum atomic E-state index is 13.8.